The van der Waals surface area contributed by atoms with Gasteiger partial charge in [-0.3, -0.25) is 9.69 Å². The predicted molar refractivity (Wildman–Crippen MR) is 207 cm³/mol. The number of alkyl halides is 2. The molecule has 2 fully saturated rings. The fourth-order valence-electron chi connectivity index (χ4n) is 7.50. The summed E-state index contributed by atoms with van der Waals surface area (Å²) in [6.07, 6.45) is 3.73. The van der Waals surface area contributed by atoms with Crippen molar-refractivity contribution in [3.8, 4) is 23.1 Å². The van der Waals surface area contributed by atoms with E-state index in [4.69, 9.17) is 9.72 Å². The molecule has 3 amide bonds. The molecule has 4 aromatic rings. The zero-order valence-corrected chi connectivity index (χ0v) is 32.8. The Morgan fingerprint density at radius 3 is 2.39 bits per heavy atom. The van der Waals surface area contributed by atoms with Gasteiger partial charge < -0.3 is 39.8 Å². The zero-order valence-electron chi connectivity index (χ0n) is 32.8. The van der Waals surface area contributed by atoms with E-state index in [0.717, 1.165) is 64.0 Å². The third-order valence-electron chi connectivity index (χ3n) is 10.8. The van der Waals surface area contributed by atoms with Crippen LogP contribution in [0.1, 0.15) is 81.9 Å². The number of hydrogen-bond acceptors (Lipinski definition) is 9. The van der Waals surface area contributed by atoms with Gasteiger partial charge in [-0.2, -0.15) is 0 Å². The van der Waals surface area contributed by atoms with Gasteiger partial charge in [0, 0.05) is 24.1 Å². The average Bonchev–Trinajstić information content (AvgIpc) is 4.01. The van der Waals surface area contributed by atoms with Crippen molar-refractivity contribution in [3.05, 3.63) is 71.7 Å². The molecule has 57 heavy (non-hydrogen) atoms. The number of fused-ring (bicyclic) bond motifs is 1. The number of methoxy groups -OCH3 is 2. The number of benzene rings is 2. The van der Waals surface area contributed by atoms with Gasteiger partial charge in [0.15, 0.2) is 0 Å². The normalized spacial score (nSPS) is 19.5. The Balaban J connectivity index is 1.15. The number of nitrogens with one attached hydrogen (secondary N) is 4. The van der Waals surface area contributed by atoms with Crippen molar-refractivity contribution in [2.75, 3.05) is 33.9 Å². The van der Waals surface area contributed by atoms with Crippen LogP contribution in [0.4, 0.5) is 18.4 Å². The Kier molecular flexibility index (Phi) is 12.0. The monoisotopic (exact) mass is 786 g/mol. The Bertz CT molecular complexity index is 2190. The summed E-state index contributed by atoms with van der Waals surface area (Å²) in [7, 11) is 2.44. The van der Waals surface area contributed by atoms with Crippen molar-refractivity contribution in [3.63, 3.8) is 0 Å². The number of amides is 3. The summed E-state index contributed by atoms with van der Waals surface area (Å²) in [5.74, 6) is 2.76. The van der Waals surface area contributed by atoms with Gasteiger partial charge in [0.2, 0.25) is 5.91 Å². The Hall–Kier alpha value is -5.82. The van der Waals surface area contributed by atoms with Gasteiger partial charge in [-0.25, -0.2) is 28.3 Å². The van der Waals surface area contributed by atoms with Gasteiger partial charge in [0.25, 0.3) is 5.92 Å². The third-order valence-corrected chi connectivity index (χ3v) is 10.8. The molecule has 0 radical (unpaired) electrons. The molecule has 0 aliphatic carbocycles. The number of aromatic amines is 2. The van der Waals surface area contributed by atoms with E-state index in [1.165, 1.54) is 20.4 Å². The molecule has 6 rings (SSSR count). The number of likely N-dealkylation sites (tertiary alicyclic amines) is 2. The van der Waals surface area contributed by atoms with Crippen LogP contribution in [0.15, 0.2) is 48.8 Å². The van der Waals surface area contributed by atoms with Gasteiger partial charge >= 0.3 is 12.2 Å². The molecule has 4 atom stereocenters. The lowest BCUT2D eigenvalue weighted by Gasteiger charge is -2.37. The number of halogens is 2. The minimum absolute atomic E-state index is 0.0584. The standard InChI is InChI=1S/C41H48F2N8O6/c1-24(2)34(48-38(54)56-5)37(53)51-22-41(42,43)18-33(51)36-44-19-30(46-36)14-10-26-9-11-28-17-29(13-12-27(28)16-26)31-20-45-35(47-31)32-8-7-15-50(32)21-40(23-52,25(3)4)49-39(55)57-6/h9,11-13,16-17,19-20,23-25,32-34H,7-8,15,18,21-22H2,1-6H3,(H,44,46)(H,45,47)(H,48,54)(H,49,55)/t32-,33-,34-,40+/m0/s1. The fraction of sp³-hybridized carbons (Fsp3) is 0.463. The summed E-state index contributed by atoms with van der Waals surface area (Å²) in [5.41, 5.74) is 1.79. The molecule has 0 saturated carbocycles. The Labute approximate surface area is 329 Å². The first-order valence-corrected chi connectivity index (χ1v) is 18.9. The summed E-state index contributed by atoms with van der Waals surface area (Å²) in [6.45, 7) is 7.48. The van der Waals surface area contributed by atoms with E-state index in [9.17, 15) is 28.0 Å². The van der Waals surface area contributed by atoms with E-state index in [0.29, 0.717) is 12.2 Å². The molecule has 2 aromatic carbocycles. The van der Waals surface area contributed by atoms with Crippen molar-refractivity contribution in [1.82, 2.24) is 40.4 Å². The highest BCUT2D eigenvalue weighted by Crippen LogP contribution is 2.41. The van der Waals surface area contributed by atoms with E-state index < -0.39 is 54.6 Å². The summed E-state index contributed by atoms with van der Waals surface area (Å²) < 4.78 is 38.9. The molecule has 0 bridgehead atoms. The van der Waals surface area contributed by atoms with Crippen molar-refractivity contribution < 1.29 is 37.4 Å². The third kappa shape index (κ3) is 8.93. The van der Waals surface area contributed by atoms with Crippen LogP contribution in [-0.2, 0) is 19.1 Å². The van der Waals surface area contributed by atoms with Crippen LogP contribution < -0.4 is 10.6 Å². The van der Waals surface area contributed by atoms with Crippen LogP contribution in [0.3, 0.4) is 0 Å². The molecule has 4 N–H and O–H groups in total. The van der Waals surface area contributed by atoms with Crippen molar-refractivity contribution in [1.29, 1.82) is 0 Å². The molecular weight excluding hydrogens is 738 g/mol. The fourth-order valence-corrected chi connectivity index (χ4v) is 7.50. The Morgan fingerprint density at radius 1 is 0.982 bits per heavy atom. The highest BCUT2D eigenvalue weighted by atomic mass is 19.3. The minimum atomic E-state index is -3.14. The molecule has 16 heteroatoms. The molecule has 0 spiro atoms. The first-order valence-electron chi connectivity index (χ1n) is 18.9. The quantitative estimate of drug-likeness (QED) is 0.109. The lowest BCUT2D eigenvalue weighted by molar-refractivity contribution is -0.136. The SMILES string of the molecule is COC(=O)N[C@H](C(=O)N1CC(F)(F)C[C@H]1c1ncc(C#Cc2ccc3cc(-c4cnc([C@@H]5CCCN5C[C@](C=O)(NC(=O)OC)C(C)C)[nH]4)ccc3c2)[nH]1)C(C)C. The lowest BCUT2D eigenvalue weighted by atomic mass is 9.87. The van der Waals surface area contributed by atoms with Crippen molar-refractivity contribution in [2.24, 2.45) is 11.8 Å². The Morgan fingerprint density at radius 2 is 1.68 bits per heavy atom. The number of ether oxygens (including phenoxy) is 2. The van der Waals surface area contributed by atoms with E-state index in [1.54, 1.807) is 20.0 Å². The molecule has 2 aromatic heterocycles. The maximum absolute atomic E-state index is 14.7. The summed E-state index contributed by atoms with van der Waals surface area (Å²) in [4.78, 5) is 68.6. The van der Waals surface area contributed by atoms with E-state index in [1.807, 2.05) is 44.2 Å². The van der Waals surface area contributed by atoms with E-state index >= 15 is 0 Å². The van der Waals surface area contributed by atoms with Gasteiger partial charge in [0.1, 0.15) is 35.2 Å². The highest BCUT2D eigenvalue weighted by Gasteiger charge is 2.50. The van der Waals surface area contributed by atoms with Gasteiger partial charge in [-0.05, 0) is 66.1 Å². The number of aromatic nitrogens is 4. The smallest absolute Gasteiger partial charge is 0.407 e. The average molecular weight is 787 g/mol. The van der Waals surface area contributed by atoms with Crippen molar-refractivity contribution >= 4 is 35.2 Å². The van der Waals surface area contributed by atoms with Crippen LogP contribution in [0.5, 0.6) is 0 Å². The second-order valence-electron chi connectivity index (χ2n) is 15.3. The maximum Gasteiger partial charge on any atom is 0.407 e. The number of nitrogens with zero attached hydrogens (tertiary/aromatic N) is 4. The molecular formula is C41H48F2N8O6. The molecule has 302 valence electrons. The van der Waals surface area contributed by atoms with Gasteiger partial charge in [0.05, 0.1) is 50.9 Å². The molecule has 2 aliphatic heterocycles. The van der Waals surface area contributed by atoms with E-state index in [2.05, 4.69) is 53.1 Å². The topological polar surface area (TPSA) is 175 Å². The second kappa shape index (κ2) is 16.7. The summed E-state index contributed by atoms with van der Waals surface area (Å²) in [6, 6.07) is 9.70. The number of carbonyl (C=O) groups excluding carboxylic acids is 4. The summed E-state index contributed by atoms with van der Waals surface area (Å²) >= 11 is 0. The highest BCUT2D eigenvalue weighted by molar-refractivity contribution is 5.88. The number of imidazole rings is 2. The predicted octanol–water partition coefficient (Wildman–Crippen LogP) is 5.73. The first kappa shape index (κ1) is 40.8. The van der Waals surface area contributed by atoms with Crippen LogP contribution >= 0.6 is 0 Å². The van der Waals surface area contributed by atoms with Crippen LogP contribution in [0.2, 0.25) is 0 Å². The number of H-pyrrole nitrogens is 2. The lowest BCUT2D eigenvalue weighted by Crippen LogP contribution is -2.60. The van der Waals surface area contributed by atoms with Crippen LogP contribution in [0, 0.1) is 23.7 Å². The summed E-state index contributed by atoms with van der Waals surface area (Å²) in [5, 5.41) is 7.16. The number of carbonyl (C=O) groups is 4. The zero-order chi connectivity index (χ0) is 41.1. The van der Waals surface area contributed by atoms with Gasteiger partial charge in [-0.15, -0.1) is 0 Å². The molecule has 0 unspecified atom stereocenters. The first-order chi connectivity index (χ1) is 27.2. The van der Waals surface area contributed by atoms with Gasteiger partial charge in [-0.1, -0.05) is 51.8 Å². The number of rotatable bonds is 11. The van der Waals surface area contributed by atoms with Crippen LogP contribution in [0.25, 0.3) is 22.0 Å². The second-order valence-corrected chi connectivity index (χ2v) is 15.3. The maximum atomic E-state index is 14.7. The molecule has 14 nitrogen and oxygen atoms in total. The molecule has 2 saturated heterocycles. The van der Waals surface area contributed by atoms with E-state index in [-0.39, 0.29) is 23.7 Å². The molecule has 4 heterocycles. The number of alkyl carbamates (subject to hydrolysis) is 2. The largest absolute Gasteiger partial charge is 0.453 e. The molecule has 2 aliphatic rings. The van der Waals surface area contributed by atoms with Crippen molar-refractivity contribution in [2.45, 2.75) is 76.5 Å². The minimum Gasteiger partial charge on any atom is -0.453 e. The number of hydrogen-bond donors (Lipinski definition) is 4. The number of aldehydes is 1. The van der Waals surface area contributed by atoms with Crippen LogP contribution in [-0.4, -0.2) is 105 Å².